The highest BCUT2D eigenvalue weighted by molar-refractivity contribution is 5.85. The Morgan fingerprint density at radius 2 is 1.72 bits per heavy atom. The van der Waals surface area contributed by atoms with E-state index in [1.807, 2.05) is 18.2 Å². The van der Waals surface area contributed by atoms with E-state index in [2.05, 4.69) is 22.0 Å². The second-order valence-electron chi connectivity index (χ2n) is 6.53. The molecule has 1 aliphatic rings. The van der Waals surface area contributed by atoms with Gasteiger partial charge in [-0.05, 0) is 29.7 Å². The summed E-state index contributed by atoms with van der Waals surface area (Å²) in [7, 11) is 0. The zero-order valence-electron chi connectivity index (χ0n) is 15.5. The Labute approximate surface area is 180 Å². The first-order valence-electron chi connectivity index (χ1n) is 8.88. The lowest BCUT2D eigenvalue weighted by Gasteiger charge is -2.27. The molecule has 3 rings (SSSR count). The fourth-order valence-corrected chi connectivity index (χ4v) is 3.32. The van der Waals surface area contributed by atoms with Crippen LogP contribution in [0, 0.1) is 0 Å². The van der Waals surface area contributed by atoms with Crippen molar-refractivity contribution in [1.29, 1.82) is 0 Å². The first kappa shape index (κ1) is 25.2. The van der Waals surface area contributed by atoms with Crippen LogP contribution in [0.5, 0.6) is 0 Å². The van der Waals surface area contributed by atoms with Gasteiger partial charge in [0.2, 0.25) is 5.91 Å². The number of fused-ring (bicyclic) bond motifs is 1. The number of carbonyl (C=O) groups is 1. The van der Waals surface area contributed by atoms with Crippen LogP contribution in [0.1, 0.15) is 28.8 Å². The maximum absolute atomic E-state index is 13.3. The van der Waals surface area contributed by atoms with E-state index in [0.29, 0.717) is 6.54 Å². The summed E-state index contributed by atoms with van der Waals surface area (Å²) in [6.07, 6.45) is -3.56. The summed E-state index contributed by atoms with van der Waals surface area (Å²) in [5.74, 6) is -0.468. The van der Waals surface area contributed by atoms with Gasteiger partial charge in [-0.1, -0.05) is 54.6 Å². The third-order valence-electron chi connectivity index (χ3n) is 4.65. The van der Waals surface area contributed by atoms with Gasteiger partial charge in [-0.2, -0.15) is 13.2 Å². The minimum atomic E-state index is -4.48. The Balaban J connectivity index is 0.00000210. The summed E-state index contributed by atoms with van der Waals surface area (Å²) in [4.78, 5) is 12.1. The first-order chi connectivity index (χ1) is 12.9. The number of rotatable bonds is 6. The normalized spacial score (nSPS) is 16.6. The zero-order chi connectivity index (χ0) is 19.3. The molecule has 4 nitrogen and oxygen atoms in total. The van der Waals surface area contributed by atoms with E-state index >= 15 is 0 Å². The number of carbonyl (C=O) groups excluding carboxylic acids is 1. The second kappa shape index (κ2) is 11.4. The molecule has 0 fully saturated rings. The van der Waals surface area contributed by atoms with E-state index in [4.69, 9.17) is 0 Å². The molecular formula is C20H24Cl2F3N3O. The molecule has 0 saturated heterocycles. The van der Waals surface area contributed by atoms with Gasteiger partial charge in [-0.25, -0.2) is 0 Å². The van der Waals surface area contributed by atoms with Crippen molar-refractivity contribution in [3.63, 3.8) is 0 Å². The molecule has 160 valence electrons. The van der Waals surface area contributed by atoms with Crippen molar-refractivity contribution in [2.24, 2.45) is 0 Å². The van der Waals surface area contributed by atoms with Gasteiger partial charge in [0, 0.05) is 12.6 Å². The van der Waals surface area contributed by atoms with Crippen LogP contribution in [-0.2, 0) is 11.2 Å². The quantitative estimate of drug-likeness (QED) is 0.629. The molecule has 2 aromatic rings. The SMILES string of the molecule is Cl.Cl.O=C(CNC(c1ccccc1)C(F)(F)F)NCC1NCCc2ccccc21. The van der Waals surface area contributed by atoms with E-state index in [-0.39, 0.29) is 36.4 Å². The minimum absolute atomic E-state index is 0. The maximum atomic E-state index is 13.3. The molecule has 3 N–H and O–H groups in total. The van der Waals surface area contributed by atoms with Gasteiger partial charge in [0.05, 0.1) is 6.54 Å². The molecule has 9 heteroatoms. The van der Waals surface area contributed by atoms with Crippen molar-refractivity contribution in [3.8, 4) is 0 Å². The summed E-state index contributed by atoms with van der Waals surface area (Å²) >= 11 is 0. The van der Waals surface area contributed by atoms with Crippen molar-refractivity contribution >= 4 is 30.7 Å². The van der Waals surface area contributed by atoms with E-state index in [9.17, 15) is 18.0 Å². The Hall–Kier alpha value is -1.80. The summed E-state index contributed by atoms with van der Waals surface area (Å²) < 4.78 is 39.9. The van der Waals surface area contributed by atoms with Crippen LogP contribution in [-0.4, -0.2) is 31.7 Å². The predicted molar refractivity (Wildman–Crippen MR) is 112 cm³/mol. The maximum Gasteiger partial charge on any atom is 0.407 e. The molecule has 0 radical (unpaired) electrons. The monoisotopic (exact) mass is 449 g/mol. The summed E-state index contributed by atoms with van der Waals surface area (Å²) in [5.41, 5.74) is 2.44. The molecule has 1 amide bonds. The highest BCUT2D eigenvalue weighted by atomic mass is 35.5. The Morgan fingerprint density at radius 1 is 1.07 bits per heavy atom. The van der Waals surface area contributed by atoms with Crippen molar-refractivity contribution < 1.29 is 18.0 Å². The molecule has 2 aromatic carbocycles. The molecule has 2 unspecified atom stereocenters. The van der Waals surface area contributed by atoms with Crippen molar-refractivity contribution in [1.82, 2.24) is 16.0 Å². The van der Waals surface area contributed by atoms with Crippen LogP contribution in [0.2, 0.25) is 0 Å². The molecule has 2 atom stereocenters. The zero-order valence-corrected chi connectivity index (χ0v) is 17.2. The molecular weight excluding hydrogens is 426 g/mol. The fourth-order valence-electron chi connectivity index (χ4n) is 3.32. The highest BCUT2D eigenvalue weighted by Gasteiger charge is 2.40. The molecule has 0 aliphatic carbocycles. The highest BCUT2D eigenvalue weighted by Crippen LogP contribution is 2.32. The lowest BCUT2D eigenvalue weighted by atomic mass is 9.94. The van der Waals surface area contributed by atoms with Crippen LogP contribution in [0.25, 0.3) is 0 Å². The number of halogens is 5. The smallest absolute Gasteiger partial charge is 0.353 e. The second-order valence-corrected chi connectivity index (χ2v) is 6.53. The molecule has 1 heterocycles. The van der Waals surface area contributed by atoms with Gasteiger partial charge in [0.25, 0.3) is 0 Å². The summed E-state index contributed by atoms with van der Waals surface area (Å²) in [5, 5.41) is 8.38. The van der Waals surface area contributed by atoms with E-state index in [0.717, 1.165) is 18.5 Å². The minimum Gasteiger partial charge on any atom is -0.353 e. The number of hydrogen-bond acceptors (Lipinski definition) is 3. The number of hydrogen-bond donors (Lipinski definition) is 3. The van der Waals surface area contributed by atoms with Crippen LogP contribution in [0.3, 0.4) is 0 Å². The number of alkyl halides is 3. The molecule has 0 bridgehead atoms. The number of amides is 1. The van der Waals surface area contributed by atoms with Crippen LogP contribution in [0.15, 0.2) is 54.6 Å². The van der Waals surface area contributed by atoms with Gasteiger partial charge in [0.15, 0.2) is 0 Å². The fraction of sp³-hybridized carbons (Fsp3) is 0.350. The Morgan fingerprint density at radius 3 is 2.41 bits per heavy atom. The molecule has 0 saturated carbocycles. The third kappa shape index (κ3) is 6.89. The van der Waals surface area contributed by atoms with Crippen molar-refractivity contribution in [2.75, 3.05) is 19.6 Å². The van der Waals surface area contributed by atoms with Gasteiger partial charge in [-0.15, -0.1) is 24.8 Å². The first-order valence-corrected chi connectivity index (χ1v) is 8.88. The summed E-state index contributed by atoms with van der Waals surface area (Å²) in [6.45, 7) is 0.729. The Kier molecular flexibility index (Phi) is 9.92. The van der Waals surface area contributed by atoms with E-state index in [1.165, 1.54) is 17.7 Å². The molecule has 0 spiro atoms. The van der Waals surface area contributed by atoms with Gasteiger partial charge in [0.1, 0.15) is 6.04 Å². The van der Waals surface area contributed by atoms with E-state index in [1.54, 1.807) is 18.2 Å². The molecule has 0 aromatic heterocycles. The van der Waals surface area contributed by atoms with Gasteiger partial charge in [-0.3, -0.25) is 10.1 Å². The summed E-state index contributed by atoms with van der Waals surface area (Å²) in [6, 6.07) is 13.6. The van der Waals surface area contributed by atoms with Gasteiger partial charge >= 0.3 is 6.18 Å². The standard InChI is InChI=1S/C20H22F3N3O.2ClH/c21-20(22,23)19(15-7-2-1-3-8-15)26-13-18(27)25-12-17-16-9-5-4-6-14(16)10-11-24-17;;/h1-9,17,19,24,26H,10-13H2,(H,25,27);2*1H. The van der Waals surface area contributed by atoms with Crippen molar-refractivity contribution in [2.45, 2.75) is 24.7 Å². The van der Waals surface area contributed by atoms with Crippen LogP contribution >= 0.6 is 24.8 Å². The predicted octanol–water partition coefficient (Wildman–Crippen LogP) is 3.73. The van der Waals surface area contributed by atoms with Gasteiger partial charge < -0.3 is 10.6 Å². The Bertz CT molecular complexity index is 775. The average Bonchev–Trinajstić information content (AvgIpc) is 2.66. The lowest BCUT2D eigenvalue weighted by molar-refractivity contribution is -0.158. The van der Waals surface area contributed by atoms with Crippen molar-refractivity contribution in [3.05, 3.63) is 71.3 Å². The number of benzene rings is 2. The molecule has 1 aliphatic heterocycles. The van der Waals surface area contributed by atoms with Crippen LogP contribution in [0.4, 0.5) is 13.2 Å². The van der Waals surface area contributed by atoms with E-state index < -0.39 is 24.7 Å². The third-order valence-corrected chi connectivity index (χ3v) is 4.65. The lowest BCUT2D eigenvalue weighted by Crippen LogP contribution is -2.44. The topological polar surface area (TPSA) is 53.2 Å². The average molecular weight is 450 g/mol. The number of nitrogens with one attached hydrogen (secondary N) is 3. The van der Waals surface area contributed by atoms with Crippen LogP contribution < -0.4 is 16.0 Å². The largest absolute Gasteiger partial charge is 0.407 e. The molecule has 29 heavy (non-hydrogen) atoms.